The van der Waals surface area contributed by atoms with Crippen LogP contribution in [0.3, 0.4) is 0 Å². The molecule has 2 aromatic carbocycles. The summed E-state index contributed by atoms with van der Waals surface area (Å²) in [6.07, 6.45) is 3.28. The van der Waals surface area contributed by atoms with Gasteiger partial charge in [0.15, 0.2) is 5.17 Å². The van der Waals surface area contributed by atoms with Gasteiger partial charge in [-0.15, -0.1) is 6.58 Å². The third-order valence-electron chi connectivity index (χ3n) is 5.29. The summed E-state index contributed by atoms with van der Waals surface area (Å²) < 4.78 is 6.51. The molecule has 4 nitrogen and oxygen atoms in total. The standard InChI is InChI=1S/C23H25ClN2O2S/c1-4-10-29-21-25-22(2,3)14-23(26-21)13-17(15-8-6-5-7-9-15)16-11-18(24)19(27)12-20(16)28-23/h4-9,11-12,17,27H,1,10,13-14H2,2-3H3,(H,25,26). The number of thioether (sulfide) groups is 1. The van der Waals surface area contributed by atoms with E-state index in [4.69, 9.17) is 21.3 Å². The Morgan fingerprint density at radius 1 is 1.34 bits per heavy atom. The molecule has 0 bridgehead atoms. The van der Waals surface area contributed by atoms with Gasteiger partial charge in [-0.1, -0.05) is 59.8 Å². The minimum Gasteiger partial charge on any atom is -0.506 e. The van der Waals surface area contributed by atoms with Crippen molar-refractivity contribution >= 4 is 28.5 Å². The Morgan fingerprint density at radius 3 is 2.83 bits per heavy atom. The summed E-state index contributed by atoms with van der Waals surface area (Å²) in [5.74, 6) is 1.50. The largest absolute Gasteiger partial charge is 0.506 e. The van der Waals surface area contributed by atoms with Crippen LogP contribution in [0.5, 0.6) is 11.5 Å². The number of phenols is 1. The summed E-state index contributed by atoms with van der Waals surface area (Å²) in [5, 5.41) is 14.9. The molecule has 2 aromatic rings. The van der Waals surface area contributed by atoms with Crippen LogP contribution >= 0.6 is 23.4 Å². The Hall–Kier alpha value is -2.11. The first-order valence-electron chi connectivity index (χ1n) is 9.69. The molecule has 0 aromatic heterocycles. The number of hydrogen-bond acceptors (Lipinski definition) is 5. The highest BCUT2D eigenvalue weighted by Crippen LogP contribution is 2.50. The van der Waals surface area contributed by atoms with Crippen LogP contribution in [0.1, 0.15) is 43.7 Å². The fourth-order valence-electron chi connectivity index (χ4n) is 4.24. The Labute approximate surface area is 181 Å². The van der Waals surface area contributed by atoms with E-state index < -0.39 is 5.72 Å². The van der Waals surface area contributed by atoms with Crippen molar-refractivity contribution in [3.8, 4) is 11.5 Å². The molecule has 152 valence electrons. The molecule has 2 N–H and O–H groups in total. The number of ether oxygens (including phenoxy) is 1. The van der Waals surface area contributed by atoms with Gasteiger partial charge in [-0.2, -0.15) is 0 Å². The van der Waals surface area contributed by atoms with Crippen molar-refractivity contribution in [1.82, 2.24) is 5.32 Å². The van der Waals surface area contributed by atoms with Crippen molar-refractivity contribution in [3.05, 3.63) is 71.3 Å². The average Bonchev–Trinajstić information content (AvgIpc) is 2.66. The van der Waals surface area contributed by atoms with Crippen LogP contribution in [-0.4, -0.2) is 27.3 Å². The average molecular weight is 429 g/mol. The Bertz CT molecular complexity index is 961. The second-order valence-electron chi connectivity index (χ2n) is 8.26. The van der Waals surface area contributed by atoms with Gasteiger partial charge in [0.05, 0.1) is 5.02 Å². The Kier molecular flexibility index (Phi) is 5.30. The van der Waals surface area contributed by atoms with E-state index in [0.717, 1.165) is 16.5 Å². The second kappa shape index (κ2) is 7.62. The predicted octanol–water partition coefficient (Wildman–Crippen LogP) is 5.70. The lowest BCUT2D eigenvalue weighted by atomic mass is 9.78. The third-order valence-corrected chi connectivity index (χ3v) is 6.46. The predicted molar refractivity (Wildman–Crippen MR) is 121 cm³/mol. The summed E-state index contributed by atoms with van der Waals surface area (Å²) in [6, 6.07) is 13.8. The molecule has 0 amide bonds. The first-order valence-corrected chi connectivity index (χ1v) is 11.1. The molecule has 6 heteroatoms. The second-order valence-corrected chi connectivity index (χ2v) is 9.68. The summed E-state index contributed by atoms with van der Waals surface area (Å²) in [6.45, 7) is 8.13. The van der Waals surface area contributed by atoms with Gasteiger partial charge in [0.25, 0.3) is 0 Å². The van der Waals surface area contributed by atoms with Crippen LogP contribution < -0.4 is 10.1 Å². The lowest BCUT2D eigenvalue weighted by molar-refractivity contribution is 0.0134. The summed E-state index contributed by atoms with van der Waals surface area (Å²) in [5.41, 5.74) is 1.27. The molecule has 0 aliphatic carbocycles. The molecule has 29 heavy (non-hydrogen) atoms. The molecule has 2 aliphatic rings. The van der Waals surface area contributed by atoms with Crippen molar-refractivity contribution in [2.45, 2.75) is 43.9 Å². The van der Waals surface area contributed by atoms with Crippen molar-refractivity contribution in [1.29, 1.82) is 0 Å². The highest BCUT2D eigenvalue weighted by atomic mass is 35.5. The molecular formula is C23H25ClN2O2S. The smallest absolute Gasteiger partial charge is 0.206 e. The van der Waals surface area contributed by atoms with E-state index in [-0.39, 0.29) is 17.2 Å². The Balaban J connectivity index is 1.83. The topological polar surface area (TPSA) is 53.9 Å². The zero-order valence-electron chi connectivity index (χ0n) is 16.6. The SMILES string of the molecule is C=CCSC1=NC2(CC(c3ccccc3)c3cc(Cl)c(O)cc3O2)CC(C)(C)N1. The number of halogens is 1. The monoisotopic (exact) mass is 428 g/mol. The van der Waals surface area contributed by atoms with E-state index in [0.29, 0.717) is 23.6 Å². The maximum atomic E-state index is 10.2. The van der Waals surface area contributed by atoms with Crippen molar-refractivity contribution < 1.29 is 9.84 Å². The maximum Gasteiger partial charge on any atom is 0.206 e. The molecule has 0 saturated carbocycles. The van der Waals surface area contributed by atoms with Gasteiger partial charge >= 0.3 is 0 Å². The first-order chi connectivity index (χ1) is 13.8. The van der Waals surface area contributed by atoms with Crippen LogP contribution in [0, 0.1) is 0 Å². The number of nitrogens with zero attached hydrogens (tertiary/aromatic N) is 1. The molecule has 0 saturated heterocycles. The minimum atomic E-state index is -0.716. The van der Waals surface area contributed by atoms with Crippen LogP contribution in [0.4, 0.5) is 0 Å². The van der Waals surface area contributed by atoms with Crippen LogP contribution in [-0.2, 0) is 0 Å². The van der Waals surface area contributed by atoms with Gasteiger partial charge in [-0.05, 0) is 25.5 Å². The zero-order valence-corrected chi connectivity index (χ0v) is 18.2. The van der Waals surface area contributed by atoms with Gasteiger partial charge in [0.1, 0.15) is 11.5 Å². The highest BCUT2D eigenvalue weighted by molar-refractivity contribution is 8.13. The van der Waals surface area contributed by atoms with Crippen molar-refractivity contribution in [2.24, 2.45) is 4.99 Å². The van der Waals surface area contributed by atoms with Gasteiger partial charge < -0.3 is 15.2 Å². The van der Waals surface area contributed by atoms with Gasteiger partial charge in [-0.25, -0.2) is 4.99 Å². The molecule has 1 spiro atoms. The van der Waals surface area contributed by atoms with Gasteiger partial charge in [-0.3, -0.25) is 0 Å². The number of phenolic OH excluding ortho intramolecular Hbond substituents is 1. The summed E-state index contributed by atoms with van der Waals surface area (Å²) >= 11 is 7.87. The van der Waals surface area contributed by atoms with Gasteiger partial charge in [0, 0.05) is 41.7 Å². The number of benzene rings is 2. The van der Waals surface area contributed by atoms with E-state index in [2.05, 4.69) is 37.9 Å². The number of hydrogen-bond donors (Lipinski definition) is 2. The van der Waals surface area contributed by atoms with E-state index in [1.54, 1.807) is 17.8 Å². The van der Waals surface area contributed by atoms with E-state index >= 15 is 0 Å². The molecule has 4 rings (SSSR count). The number of aromatic hydroxyl groups is 1. The quantitative estimate of drug-likeness (QED) is 0.615. The lowest BCUT2D eigenvalue weighted by Crippen LogP contribution is -2.57. The summed E-state index contributed by atoms with van der Waals surface area (Å²) in [4.78, 5) is 5.02. The molecule has 2 heterocycles. The Morgan fingerprint density at radius 2 is 2.10 bits per heavy atom. The fraction of sp³-hybridized carbons (Fsp3) is 0.348. The molecular weight excluding hydrogens is 404 g/mol. The summed E-state index contributed by atoms with van der Waals surface area (Å²) in [7, 11) is 0. The lowest BCUT2D eigenvalue weighted by Gasteiger charge is -2.47. The molecule has 2 unspecified atom stereocenters. The van der Waals surface area contributed by atoms with Crippen LogP contribution in [0.25, 0.3) is 0 Å². The van der Waals surface area contributed by atoms with Crippen LogP contribution in [0.15, 0.2) is 60.1 Å². The molecule has 0 radical (unpaired) electrons. The molecule has 0 fully saturated rings. The maximum absolute atomic E-state index is 10.2. The number of rotatable bonds is 3. The normalized spacial score (nSPS) is 24.8. The molecule has 2 atom stereocenters. The van der Waals surface area contributed by atoms with Crippen LogP contribution in [0.2, 0.25) is 5.02 Å². The van der Waals surface area contributed by atoms with E-state index in [1.807, 2.05) is 30.3 Å². The number of nitrogens with one attached hydrogen (secondary N) is 1. The first kappa shape index (κ1) is 20.2. The molecule has 2 aliphatic heterocycles. The fourth-order valence-corrected chi connectivity index (χ4v) is 5.26. The number of amidine groups is 1. The van der Waals surface area contributed by atoms with Crippen molar-refractivity contribution in [3.63, 3.8) is 0 Å². The van der Waals surface area contributed by atoms with Crippen molar-refractivity contribution in [2.75, 3.05) is 5.75 Å². The third kappa shape index (κ3) is 4.12. The van der Waals surface area contributed by atoms with E-state index in [9.17, 15) is 5.11 Å². The zero-order chi connectivity index (χ0) is 20.6. The number of fused-ring (bicyclic) bond motifs is 1. The van der Waals surface area contributed by atoms with E-state index in [1.165, 1.54) is 5.56 Å². The highest BCUT2D eigenvalue weighted by Gasteiger charge is 2.48. The minimum absolute atomic E-state index is 0.0210. The van der Waals surface area contributed by atoms with Gasteiger partial charge in [0.2, 0.25) is 5.72 Å². The number of aliphatic imine (C=N–C) groups is 1.